The van der Waals surface area contributed by atoms with Crippen LogP contribution in [0.1, 0.15) is 10.4 Å². The van der Waals surface area contributed by atoms with Gasteiger partial charge < -0.3 is 15.0 Å². The van der Waals surface area contributed by atoms with Crippen molar-refractivity contribution in [2.45, 2.75) is 0 Å². The molecule has 2 aromatic rings. The normalized spacial score (nSPS) is 14.6. The summed E-state index contributed by atoms with van der Waals surface area (Å²) in [6, 6.07) is 8.88. The van der Waals surface area contributed by atoms with E-state index in [-0.39, 0.29) is 5.91 Å². The maximum Gasteiger partial charge on any atom is 0.257 e. The van der Waals surface area contributed by atoms with Gasteiger partial charge in [-0.2, -0.15) is 0 Å². The number of carbonyl (C=O) groups is 1. The number of nitrogens with zero attached hydrogens (tertiary/aromatic N) is 2. The molecule has 0 radical (unpaired) electrons. The highest BCUT2D eigenvalue weighted by molar-refractivity contribution is 9.10. The van der Waals surface area contributed by atoms with Crippen LogP contribution in [0.3, 0.4) is 0 Å². The lowest BCUT2D eigenvalue weighted by atomic mass is 10.2. The molecular weight excluding hydrogens is 382 g/mol. The number of carbonyl (C=O) groups excluding carboxylic acids is 1. The van der Waals surface area contributed by atoms with Gasteiger partial charge in [-0.05, 0) is 30.3 Å². The van der Waals surface area contributed by atoms with E-state index in [1.54, 1.807) is 24.4 Å². The lowest BCUT2D eigenvalue weighted by Gasteiger charge is -2.27. The second-order valence-corrected chi connectivity index (χ2v) is 6.41. The lowest BCUT2D eigenvalue weighted by Crippen LogP contribution is -2.36. The van der Waals surface area contributed by atoms with Crippen molar-refractivity contribution in [1.82, 2.24) is 4.98 Å². The summed E-state index contributed by atoms with van der Waals surface area (Å²) in [5.41, 5.74) is 1.05. The zero-order valence-electron chi connectivity index (χ0n) is 12.3. The average molecular weight is 397 g/mol. The second-order valence-electron chi connectivity index (χ2n) is 5.08. The Balaban J connectivity index is 1.69. The van der Waals surface area contributed by atoms with Crippen molar-refractivity contribution >= 4 is 44.9 Å². The van der Waals surface area contributed by atoms with Crippen LogP contribution in [-0.2, 0) is 4.74 Å². The van der Waals surface area contributed by atoms with E-state index in [1.807, 2.05) is 12.1 Å². The zero-order chi connectivity index (χ0) is 16.2. The molecule has 0 aliphatic carbocycles. The smallest absolute Gasteiger partial charge is 0.257 e. The number of rotatable bonds is 3. The summed E-state index contributed by atoms with van der Waals surface area (Å²) in [7, 11) is 0. The van der Waals surface area contributed by atoms with Crippen molar-refractivity contribution in [2.75, 3.05) is 36.5 Å². The number of pyridine rings is 1. The Labute approximate surface area is 147 Å². The number of morpholine rings is 1. The van der Waals surface area contributed by atoms with Crippen molar-refractivity contribution in [3.8, 4) is 0 Å². The van der Waals surface area contributed by atoms with Gasteiger partial charge in [0.15, 0.2) is 0 Å². The van der Waals surface area contributed by atoms with E-state index in [0.717, 1.165) is 23.4 Å². The first-order chi connectivity index (χ1) is 11.1. The van der Waals surface area contributed by atoms with Crippen LogP contribution in [0.2, 0.25) is 5.02 Å². The molecule has 1 aromatic heterocycles. The summed E-state index contributed by atoms with van der Waals surface area (Å²) in [5.74, 6) is 0.622. The molecule has 1 aromatic carbocycles. The molecule has 2 heterocycles. The van der Waals surface area contributed by atoms with E-state index in [2.05, 4.69) is 31.1 Å². The Morgan fingerprint density at radius 3 is 2.70 bits per heavy atom. The highest BCUT2D eigenvalue weighted by Crippen LogP contribution is 2.23. The zero-order valence-corrected chi connectivity index (χ0v) is 14.6. The van der Waals surface area contributed by atoms with Gasteiger partial charge in [-0.15, -0.1) is 0 Å². The number of hydrogen-bond donors (Lipinski definition) is 1. The molecule has 1 amide bonds. The van der Waals surface area contributed by atoms with E-state index in [1.165, 1.54) is 0 Å². The minimum atomic E-state index is -0.261. The molecule has 1 N–H and O–H groups in total. The van der Waals surface area contributed by atoms with E-state index in [0.29, 0.717) is 29.5 Å². The van der Waals surface area contributed by atoms with Crippen molar-refractivity contribution in [2.24, 2.45) is 0 Å². The number of amides is 1. The minimum absolute atomic E-state index is 0.261. The van der Waals surface area contributed by atoms with Crippen LogP contribution in [0.25, 0.3) is 0 Å². The maximum absolute atomic E-state index is 12.3. The molecule has 0 atom stereocenters. The SMILES string of the molecule is O=C(Nc1ccc(N2CCOCC2)nc1)c1ccc(Br)cc1Cl. The fraction of sp³-hybridized carbons (Fsp3) is 0.250. The van der Waals surface area contributed by atoms with E-state index in [9.17, 15) is 4.79 Å². The van der Waals surface area contributed by atoms with Gasteiger partial charge in [0.05, 0.1) is 35.7 Å². The molecule has 7 heteroatoms. The number of nitrogens with one attached hydrogen (secondary N) is 1. The monoisotopic (exact) mass is 395 g/mol. The largest absolute Gasteiger partial charge is 0.378 e. The van der Waals surface area contributed by atoms with Gasteiger partial charge in [-0.3, -0.25) is 4.79 Å². The number of anilines is 2. The average Bonchev–Trinajstić information content (AvgIpc) is 2.56. The van der Waals surface area contributed by atoms with Crippen LogP contribution in [0.4, 0.5) is 11.5 Å². The van der Waals surface area contributed by atoms with Crippen LogP contribution >= 0.6 is 27.5 Å². The molecular formula is C16H15BrClN3O2. The Kier molecular flexibility index (Phi) is 5.15. The van der Waals surface area contributed by atoms with Crippen LogP contribution in [0.5, 0.6) is 0 Å². The van der Waals surface area contributed by atoms with Crippen LogP contribution in [0, 0.1) is 0 Å². The van der Waals surface area contributed by atoms with E-state index >= 15 is 0 Å². The standard InChI is InChI=1S/C16H15BrClN3O2/c17-11-1-3-13(14(18)9-11)16(22)20-12-2-4-15(19-10-12)21-5-7-23-8-6-21/h1-4,9-10H,5-8H2,(H,20,22). The molecule has 1 fully saturated rings. The highest BCUT2D eigenvalue weighted by Gasteiger charge is 2.14. The Morgan fingerprint density at radius 1 is 1.26 bits per heavy atom. The molecule has 0 spiro atoms. The molecule has 3 rings (SSSR count). The molecule has 0 bridgehead atoms. The van der Waals surface area contributed by atoms with Crippen LogP contribution in [0.15, 0.2) is 41.0 Å². The third kappa shape index (κ3) is 4.02. The van der Waals surface area contributed by atoms with Gasteiger partial charge in [0.25, 0.3) is 5.91 Å². The quantitative estimate of drug-likeness (QED) is 0.861. The Bertz CT molecular complexity index is 703. The fourth-order valence-electron chi connectivity index (χ4n) is 2.31. The van der Waals surface area contributed by atoms with Gasteiger partial charge >= 0.3 is 0 Å². The van der Waals surface area contributed by atoms with Gasteiger partial charge in [0.1, 0.15) is 5.82 Å². The summed E-state index contributed by atoms with van der Waals surface area (Å²) in [6.07, 6.45) is 1.65. The van der Waals surface area contributed by atoms with Gasteiger partial charge in [-0.25, -0.2) is 4.98 Å². The predicted octanol–water partition coefficient (Wildman–Crippen LogP) is 3.59. The van der Waals surface area contributed by atoms with Crippen LogP contribution in [-0.4, -0.2) is 37.2 Å². The molecule has 1 saturated heterocycles. The molecule has 0 unspecified atom stereocenters. The van der Waals surface area contributed by atoms with Gasteiger partial charge in [0.2, 0.25) is 0 Å². The molecule has 23 heavy (non-hydrogen) atoms. The topological polar surface area (TPSA) is 54.5 Å². The molecule has 5 nitrogen and oxygen atoms in total. The first-order valence-corrected chi connectivity index (χ1v) is 8.36. The van der Waals surface area contributed by atoms with Crippen molar-refractivity contribution in [3.63, 3.8) is 0 Å². The van der Waals surface area contributed by atoms with Gasteiger partial charge in [-0.1, -0.05) is 27.5 Å². The molecule has 1 aliphatic rings. The number of ether oxygens (including phenoxy) is 1. The predicted molar refractivity (Wildman–Crippen MR) is 94.4 cm³/mol. The Hall–Kier alpha value is -1.63. The summed E-state index contributed by atoms with van der Waals surface area (Å²) in [5, 5.41) is 3.20. The third-order valence-corrected chi connectivity index (χ3v) is 4.32. The summed E-state index contributed by atoms with van der Waals surface area (Å²) in [6.45, 7) is 3.07. The summed E-state index contributed by atoms with van der Waals surface area (Å²) in [4.78, 5) is 18.8. The highest BCUT2D eigenvalue weighted by atomic mass is 79.9. The second kappa shape index (κ2) is 7.29. The summed E-state index contributed by atoms with van der Waals surface area (Å²) < 4.78 is 6.15. The first kappa shape index (κ1) is 16.2. The molecule has 120 valence electrons. The Morgan fingerprint density at radius 2 is 2.04 bits per heavy atom. The molecule has 1 aliphatic heterocycles. The summed E-state index contributed by atoms with van der Waals surface area (Å²) >= 11 is 9.41. The number of halogens is 2. The van der Waals surface area contributed by atoms with E-state index < -0.39 is 0 Å². The van der Waals surface area contributed by atoms with Crippen LogP contribution < -0.4 is 10.2 Å². The van der Waals surface area contributed by atoms with E-state index in [4.69, 9.17) is 16.3 Å². The number of benzene rings is 1. The molecule has 0 saturated carbocycles. The van der Waals surface area contributed by atoms with Gasteiger partial charge in [0, 0.05) is 17.6 Å². The van der Waals surface area contributed by atoms with Crippen molar-refractivity contribution in [1.29, 1.82) is 0 Å². The fourth-order valence-corrected chi connectivity index (χ4v) is 3.07. The first-order valence-electron chi connectivity index (χ1n) is 7.18. The lowest BCUT2D eigenvalue weighted by molar-refractivity contribution is 0.102. The van der Waals surface area contributed by atoms with Crippen molar-refractivity contribution in [3.05, 3.63) is 51.6 Å². The number of aromatic nitrogens is 1. The maximum atomic E-state index is 12.3. The number of hydrogen-bond acceptors (Lipinski definition) is 4. The van der Waals surface area contributed by atoms with Crippen molar-refractivity contribution < 1.29 is 9.53 Å². The minimum Gasteiger partial charge on any atom is -0.378 e. The third-order valence-electron chi connectivity index (χ3n) is 3.52.